The van der Waals surface area contributed by atoms with Crippen molar-refractivity contribution in [3.8, 4) is 0 Å². The molecule has 1 aromatic heterocycles. The van der Waals surface area contributed by atoms with Gasteiger partial charge in [-0.3, -0.25) is 14.4 Å². The van der Waals surface area contributed by atoms with E-state index in [0.717, 1.165) is 16.5 Å². The summed E-state index contributed by atoms with van der Waals surface area (Å²) >= 11 is 12.3. The summed E-state index contributed by atoms with van der Waals surface area (Å²) in [6.45, 7) is 7.94. The molecule has 0 spiro atoms. The van der Waals surface area contributed by atoms with Crippen LogP contribution >= 0.6 is 23.2 Å². The summed E-state index contributed by atoms with van der Waals surface area (Å²) in [7, 11) is 0. The van der Waals surface area contributed by atoms with Gasteiger partial charge < -0.3 is 20.5 Å². The van der Waals surface area contributed by atoms with Gasteiger partial charge in [0, 0.05) is 45.8 Å². The molecule has 4 rings (SSSR count). The highest BCUT2D eigenvalue weighted by Gasteiger charge is 2.19. The molecule has 0 radical (unpaired) electrons. The lowest BCUT2D eigenvalue weighted by Gasteiger charge is -2.15. The van der Waals surface area contributed by atoms with E-state index in [2.05, 4.69) is 16.0 Å². The Hall–Kier alpha value is -3.81. The molecule has 0 aliphatic heterocycles. The normalized spacial score (nSPS) is 11.2. The Morgan fingerprint density at radius 1 is 0.795 bits per heavy atom. The molecule has 7 nitrogen and oxygen atoms in total. The Bertz CT molecular complexity index is 1540. The molecule has 0 aliphatic carbocycles. The quantitative estimate of drug-likeness (QED) is 0.209. The highest BCUT2D eigenvalue weighted by molar-refractivity contribution is 6.34. The van der Waals surface area contributed by atoms with Crippen molar-refractivity contribution >= 4 is 63.2 Å². The molecule has 39 heavy (non-hydrogen) atoms. The van der Waals surface area contributed by atoms with Gasteiger partial charge in [0.15, 0.2) is 0 Å². The number of aromatic nitrogens is 1. The smallest absolute Gasteiger partial charge is 0.272 e. The van der Waals surface area contributed by atoms with Crippen molar-refractivity contribution in [2.24, 2.45) is 5.92 Å². The number of hydrogen-bond donors (Lipinski definition) is 3. The monoisotopic (exact) mass is 564 g/mol. The maximum absolute atomic E-state index is 13.2. The van der Waals surface area contributed by atoms with Crippen molar-refractivity contribution in [1.82, 2.24) is 9.88 Å². The zero-order valence-corrected chi connectivity index (χ0v) is 23.7. The number of amides is 3. The average molecular weight is 566 g/mol. The molecule has 9 heteroatoms. The summed E-state index contributed by atoms with van der Waals surface area (Å²) < 4.78 is 1.96. The average Bonchev–Trinajstić information content (AvgIpc) is 3.28. The third-order valence-corrected chi connectivity index (χ3v) is 6.80. The second kappa shape index (κ2) is 11.9. The summed E-state index contributed by atoms with van der Waals surface area (Å²) in [6, 6.07) is 19.3. The molecule has 3 N–H and O–H groups in total. The number of hydrogen-bond acceptors (Lipinski definition) is 3. The van der Waals surface area contributed by atoms with Gasteiger partial charge in [0.25, 0.3) is 11.8 Å². The minimum absolute atomic E-state index is 0.0200. The molecule has 202 valence electrons. The van der Waals surface area contributed by atoms with Gasteiger partial charge in [-0.1, -0.05) is 43.1 Å². The van der Waals surface area contributed by atoms with E-state index in [9.17, 15) is 14.4 Å². The molecule has 0 saturated carbocycles. The van der Waals surface area contributed by atoms with E-state index in [1.165, 1.54) is 0 Å². The van der Waals surface area contributed by atoms with Crippen LogP contribution < -0.4 is 16.0 Å². The molecule has 0 aliphatic rings. The molecule has 0 unspecified atom stereocenters. The fourth-order valence-corrected chi connectivity index (χ4v) is 4.55. The molecule has 1 heterocycles. The van der Waals surface area contributed by atoms with Gasteiger partial charge in [0.2, 0.25) is 5.91 Å². The number of nitrogens with one attached hydrogen (secondary N) is 3. The second-order valence-electron chi connectivity index (χ2n) is 9.87. The van der Waals surface area contributed by atoms with Gasteiger partial charge in [-0.2, -0.15) is 0 Å². The summed E-state index contributed by atoms with van der Waals surface area (Å²) in [6.07, 6.45) is 0. The first kappa shape index (κ1) is 28.2. The minimum atomic E-state index is -0.375. The predicted octanol–water partition coefficient (Wildman–Crippen LogP) is 7.31. The Kier molecular flexibility index (Phi) is 8.63. The SMILES string of the molecule is CC(C)C(=O)NCc1ccc(Cl)c(C(=O)Nc2ccc3c(c2)cc(C(=O)Nc2ccc(Cl)cc2)n3C(C)C)c1. The molecule has 3 amide bonds. The van der Waals surface area contributed by atoms with Gasteiger partial charge in [-0.05, 0) is 80.1 Å². The molecule has 0 fully saturated rings. The summed E-state index contributed by atoms with van der Waals surface area (Å²) in [5.74, 6) is -0.829. The van der Waals surface area contributed by atoms with Crippen LogP contribution in [-0.4, -0.2) is 22.3 Å². The lowest BCUT2D eigenvalue weighted by Crippen LogP contribution is -2.27. The number of benzene rings is 3. The Morgan fingerprint density at radius 2 is 1.46 bits per heavy atom. The van der Waals surface area contributed by atoms with Gasteiger partial charge >= 0.3 is 0 Å². The van der Waals surface area contributed by atoms with E-state index < -0.39 is 0 Å². The second-order valence-corrected chi connectivity index (χ2v) is 10.7. The minimum Gasteiger partial charge on any atom is -0.352 e. The fourth-order valence-electron chi connectivity index (χ4n) is 4.22. The first-order chi connectivity index (χ1) is 18.5. The third kappa shape index (κ3) is 6.61. The van der Waals surface area contributed by atoms with Crippen LogP contribution in [0.4, 0.5) is 11.4 Å². The van der Waals surface area contributed by atoms with Gasteiger partial charge in [-0.15, -0.1) is 0 Å². The zero-order chi connectivity index (χ0) is 28.3. The van der Waals surface area contributed by atoms with E-state index in [-0.39, 0.29) is 29.7 Å². The van der Waals surface area contributed by atoms with E-state index in [1.807, 2.05) is 44.4 Å². The Morgan fingerprint density at radius 3 is 2.13 bits per heavy atom. The van der Waals surface area contributed by atoms with Crippen LogP contribution in [0.25, 0.3) is 10.9 Å². The van der Waals surface area contributed by atoms with Gasteiger partial charge in [0.05, 0.1) is 10.6 Å². The van der Waals surface area contributed by atoms with Gasteiger partial charge in [0.1, 0.15) is 5.69 Å². The van der Waals surface area contributed by atoms with Crippen LogP contribution in [0.15, 0.2) is 66.7 Å². The summed E-state index contributed by atoms with van der Waals surface area (Å²) in [5, 5.41) is 10.4. The Labute approximate surface area is 237 Å². The standard InChI is InChI=1S/C30H30Cl2N4O3/c1-17(2)28(37)33-16-19-5-11-25(32)24(13-19)29(38)35-23-10-12-26-20(14-23)15-27(36(26)18(3)4)30(39)34-22-8-6-21(31)7-9-22/h5-15,17-18H,16H2,1-4H3,(H,33,37)(H,34,39)(H,35,38). The largest absolute Gasteiger partial charge is 0.352 e. The maximum atomic E-state index is 13.2. The van der Waals surface area contributed by atoms with Crippen LogP contribution in [0.2, 0.25) is 10.0 Å². The van der Waals surface area contributed by atoms with E-state index in [4.69, 9.17) is 23.2 Å². The van der Waals surface area contributed by atoms with E-state index in [1.54, 1.807) is 54.6 Å². The molecule has 0 bridgehead atoms. The van der Waals surface area contributed by atoms with Crippen molar-refractivity contribution in [1.29, 1.82) is 0 Å². The van der Waals surface area contributed by atoms with Crippen molar-refractivity contribution < 1.29 is 14.4 Å². The summed E-state index contributed by atoms with van der Waals surface area (Å²) in [4.78, 5) is 38.2. The van der Waals surface area contributed by atoms with Crippen LogP contribution in [0.1, 0.15) is 60.1 Å². The Balaban J connectivity index is 1.57. The molecular weight excluding hydrogens is 535 g/mol. The number of nitrogens with zero attached hydrogens (tertiary/aromatic N) is 1. The van der Waals surface area contributed by atoms with Crippen molar-refractivity contribution in [3.05, 3.63) is 93.6 Å². The highest BCUT2D eigenvalue weighted by Crippen LogP contribution is 2.28. The third-order valence-electron chi connectivity index (χ3n) is 6.21. The van der Waals surface area contributed by atoms with Crippen molar-refractivity contribution in [2.75, 3.05) is 10.6 Å². The predicted molar refractivity (Wildman–Crippen MR) is 158 cm³/mol. The van der Waals surface area contributed by atoms with Crippen molar-refractivity contribution in [3.63, 3.8) is 0 Å². The summed E-state index contributed by atoms with van der Waals surface area (Å²) in [5.41, 5.74) is 3.63. The molecule has 3 aromatic carbocycles. The van der Waals surface area contributed by atoms with Crippen LogP contribution in [-0.2, 0) is 11.3 Å². The molecule has 4 aromatic rings. The zero-order valence-electron chi connectivity index (χ0n) is 22.1. The van der Waals surface area contributed by atoms with Crippen molar-refractivity contribution in [2.45, 2.75) is 40.3 Å². The number of fused-ring (bicyclic) bond motifs is 1. The van der Waals surface area contributed by atoms with E-state index in [0.29, 0.717) is 39.2 Å². The molecular formula is C30H30Cl2N4O3. The lowest BCUT2D eigenvalue weighted by atomic mass is 10.1. The topological polar surface area (TPSA) is 92.2 Å². The fraction of sp³-hybridized carbons (Fsp3) is 0.233. The first-order valence-electron chi connectivity index (χ1n) is 12.6. The number of halogens is 2. The van der Waals surface area contributed by atoms with Crippen LogP contribution in [0.3, 0.4) is 0 Å². The molecule has 0 atom stereocenters. The van der Waals surface area contributed by atoms with Crippen LogP contribution in [0, 0.1) is 5.92 Å². The van der Waals surface area contributed by atoms with Gasteiger partial charge in [-0.25, -0.2) is 0 Å². The van der Waals surface area contributed by atoms with Crippen LogP contribution in [0.5, 0.6) is 0 Å². The highest BCUT2D eigenvalue weighted by atomic mass is 35.5. The number of carbonyl (C=O) groups is 3. The molecule has 0 saturated heterocycles. The lowest BCUT2D eigenvalue weighted by molar-refractivity contribution is -0.124. The number of carbonyl (C=O) groups excluding carboxylic acids is 3. The maximum Gasteiger partial charge on any atom is 0.272 e. The first-order valence-corrected chi connectivity index (χ1v) is 13.4. The number of anilines is 2. The number of rotatable bonds is 8. The van der Waals surface area contributed by atoms with E-state index >= 15 is 0 Å².